The maximum atomic E-state index is 12.2. The highest BCUT2D eigenvalue weighted by Crippen LogP contribution is 2.17. The Morgan fingerprint density at radius 3 is 2.94 bits per heavy atom. The van der Waals surface area contributed by atoms with Gasteiger partial charge < -0.3 is 15.0 Å². The first-order chi connectivity index (χ1) is 8.22. The van der Waals surface area contributed by atoms with Crippen LogP contribution in [-0.2, 0) is 14.3 Å². The lowest BCUT2D eigenvalue weighted by Gasteiger charge is -2.39. The van der Waals surface area contributed by atoms with E-state index in [9.17, 15) is 9.59 Å². The summed E-state index contributed by atoms with van der Waals surface area (Å²) in [5, 5.41) is 2.77. The Hall–Kier alpha value is -1.10. The van der Waals surface area contributed by atoms with Crippen molar-refractivity contribution < 1.29 is 14.3 Å². The molecule has 2 fully saturated rings. The molecule has 0 spiro atoms. The molecule has 5 heteroatoms. The van der Waals surface area contributed by atoms with Gasteiger partial charge in [0.1, 0.15) is 6.04 Å². The fourth-order valence-corrected chi connectivity index (χ4v) is 2.50. The molecule has 0 aromatic carbocycles. The van der Waals surface area contributed by atoms with Crippen molar-refractivity contribution in [1.29, 1.82) is 0 Å². The molecule has 0 aromatic rings. The molecule has 2 aliphatic heterocycles. The molecule has 2 rings (SSSR count). The zero-order valence-corrected chi connectivity index (χ0v) is 10.3. The van der Waals surface area contributed by atoms with Crippen LogP contribution in [0, 0.1) is 0 Å². The monoisotopic (exact) mass is 240 g/mol. The molecule has 2 saturated heterocycles. The summed E-state index contributed by atoms with van der Waals surface area (Å²) in [4.78, 5) is 25.5. The van der Waals surface area contributed by atoms with Crippen LogP contribution in [0.5, 0.6) is 0 Å². The van der Waals surface area contributed by atoms with Crippen LogP contribution in [0.25, 0.3) is 0 Å². The maximum Gasteiger partial charge on any atom is 0.245 e. The summed E-state index contributed by atoms with van der Waals surface area (Å²) in [7, 11) is 0. The number of hydrogen-bond acceptors (Lipinski definition) is 3. The summed E-state index contributed by atoms with van der Waals surface area (Å²) in [5.41, 5.74) is 0. The second kappa shape index (κ2) is 5.49. The molecular weight excluding hydrogens is 220 g/mol. The first-order valence-electron chi connectivity index (χ1n) is 6.40. The van der Waals surface area contributed by atoms with Crippen molar-refractivity contribution in [3.8, 4) is 0 Å². The van der Waals surface area contributed by atoms with E-state index < -0.39 is 0 Å². The van der Waals surface area contributed by atoms with Gasteiger partial charge in [-0.1, -0.05) is 13.3 Å². The minimum absolute atomic E-state index is 0.0476. The number of nitrogens with zero attached hydrogens (tertiary/aromatic N) is 1. The Morgan fingerprint density at radius 2 is 2.29 bits per heavy atom. The van der Waals surface area contributed by atoms with Crippen molar-refractivity contribution in [1.82, 2.24) is 10.2 Å². The molecule has 0 bridgehead atoms. The van der Waals surface area contributed by atoms with Gasteiger partial charge in [0.2, 0.25) is 11.8 Å². The number of ether oxygens (including phenoxy) is 1. The topological polar surface area (TPSA) is 58.6 Å². The summed E-state index contributed by atoms with van der Waals surface area (Å²) in [6, 6.07) is -0.246. The van der Waals surface area contributed by atoms with Gasteiger partial charge in [0.25, 0.3) is 0 Å². The third-order valence-corrected chi connectivity index (χ3v) is 3.38. The van der Waals surface area contributed by atoms with Crippen LogP contribution in [0.15, 0.2) is 0 Å². The van der Waals surface area contributed by atoms with Gasteiger partial charge in [0, 0.05) is 6.61 Å². The van der Waals surface area contributed by atoms with E-state index in [1.54, 1.807) is 4.90 Å². The van der Waals surface area contributed by atoms with E-state index in [1.807, 2.05) is 6.92 Å². The molecule has 1 N–H and O–H groups in total. The third-order valence-electron chi connectivity index (χ3n) is 3.38. The average Bonchev–Trinajstić information content (AvgIpc) is 2.35. The van der Waals surface area contributed by atoms with Crippen LogP contribution >= 0.6 is 0 Å². The van der Waals surface area contributed by atoms with Gasteiger partial charge in [-0.3, -0.25) is 9.59 Å². The minimum atomic E-state index is -0.330. The van der Waals surface area contributed by atoms with E-state index in [2.05, 4.69) is 5.32 Å². The molecule has 0 radical (unpaired) electrons. The Balaban J connectivity index is 2.03. The predicted molar refractivity (Wildman–Crippen MR) is 62.4 cm³/mol. The quantitative estimate of drug-likeness (QED) is 0.771. The number of piperazine rings is 1. The third kappa shape index (κ3) is 2.77. The summed E-state index contributed by atoms with van der Waals surface area (Å²) in [6.07, 6.45) is 3.52. The van der Waals surface area contributed by atoms with E-state index >= 15 is 0 Å². The molecule has 5 nitrogen and oxygen atoms in total. The molecule has 0 aliphatic carbocycles. The normalized spacial score (nSPS) is 30.3. The van der Waals surface area contributed by atoms with Crippen LogP contribution in [0.2, 0.25) is 0 Å². The van der Waals surface area contributed by atoms with Gasteiger partial charge in [-0.25, -0.2) is 0 Å². The van der Waals surface area contributed by atoms with Crippen molar-refractivity contribution in [2.75, 3.05) is 19.8 Å². The number of carbonyl (C=O) groups is 2. The Bertz CT molecular complexity index is 300. The first kappa shape index (κ1) is 12.4. The lowest BCUT2D eigenvalue weighted by atomic mass is 10.0. The standard InChI is InChI=1S/C12H20N2O3/c1-2-4-10-12(16)14(7-11(15)13-10)9-5-3-6-17-8-9/h9-10H,2-8H2,1H3,(H,13,15). The van der Waals surface area contributed by atoms with Gasteiger partial charge in [-0.2, -0.15) is 0 Å². The average molecular weight is 240 g/mol. The molecule has 0 aromatic heterocycles. The lowest BCUT2D eigenvalue weighted by Crippen LogP contribution is -2.61. The largest absolute Gasteiger partial charge is 0.379 e. The molecule has 2 unspecified atom stereocenters. The fraction of sp³-hybridized carbons (Fsp3) is 0.833. The highest BCUT2D eigenvalue weighted by molar-refractivity contribution is 5.95. The SMILES string of the molecule is CCCC1NC(=O)CN(C2CCCOC2)C1=O. The van der Waals surface area contributed by atoms with Gasteiger partial charge >= 0.3 is 0 Å². The number of carbonyl (C=O) groups excluding carboxylic acids is 2. The molecule has 17 heavy (non-hydrogen) atoms. The van der Waals surface area contributed by atoms with E-state index in [4.69, 9.17) is 4.74 Å². The molecular formula is C12H20N2O3. The zero-order chi connectivity index (χ0) is 12.3. The molecule has 96 valence electrons. The Labute approximate surface area is 101 Å². The number of rotatable bonds is 3. The highest BCUT2D eigenvalue weighted by atomic mass is 16.5. The predicted octanol–water partition coefficient (Wildman–Crippen LogP) is 0.292. The summed E-state index contributed by atoms with van der Waals surface area (Å²) in [5.74, 6) is 0.00979. The second-order valence-corrected chi connectivity index (χ2v) is 4.75. The van der Waals surface area contributed by atoms with Crippen LogP contribution < -0.4 is 5.32 Å². The lowest BCUT2D eigenvalue weighted by molar-refractivity contribution is -0.149. The number of amides is 2. The van der Waals surface area contributed by atoms with Crippen LogP contribution in [0.3, 0.4) is 0 Å². The molecule has 0 saturated carbocycles. The van der Waals surface area contributed by atoms with Gasteiger partial charge in [0.05, 0.1) is 19.2 Å². The van der Waals surface area contributed by atoms with Crippen LogP contribution in [0.4, 0.5) is 0 Å². The zero-order valence-electron chi connectivity index (χ0n) is 10.3. The van der Waals surface area contributed by atoms with Crippen molar-refractivity contribution in [2.24, 2.45) is 0 Å². The fourth-order valence-electron chi connectivity index (χ4n) is 2.50. The summed E-state index contributed by atoms with van der Waals surface area (Å²) in [6.45, 7) is 3.54. The minimum Gasteiger partial charge on any atom is -0.379 e. The molecule has 2 atom stereocenters. The van der Waals surface area contributed by atoms with Crippen molar-refractivity contribution in [2.45, 2.75) is 44.7 Å². The van der Waals surface area contributed by atoms with Crippen molar-refractivity contribution in [3.05, 3.63) is 0 Å². The smallest absolute Gasteiger partial charge is 0.245 e. The van der Waals surface area contributed by atoms with E-state index in [0.29, 0.717) is 13.0 Å². The van der Waals surface area contributed by atoms with E-state index in [1.165, 1.54) is 0 Å². The summed E-state index contributed by atoms with van der Waals surface area (Å²) >= 11 is 0. The van der Waals surface area contributed by atoms with E-state index in [-0.39, 0.29) is 30.4 Å². The Morgan fingerprint density at radius 1 is 1.47 bits per heavy atom. The number of nitrogens with one attached hydrogen (secondary N) is 1. The van der Waals surface area contributed by atoms with E-state index in [0.717, 1.165) is 25.9 Å². The molecule has 2 aliphatic rings. The highest BCUT2D eigenvalue weighted by Gasteiger charge is 2.36. The second-order valence-electron chi connectivity index (χ2n) is 4.75. The van der Waals surface area contributed by atoms with Gasteiger partial charge in [0.15, 0.2) is 0 Å². The maximum absolute atomic E-state index is 12.2. The van der Waals surface area contributed by atoms with Crippen LogP contribution in [-0.4, -0.2) is 48.6 Å². The molecule has 2 heterocycles. The van der Waals surface area contributed by atoms with Gasteiger partial charge in [-0.15, -0.1) is 0 Å². The first-order valence-corrected chi connectivity index (χ1v) is 6.40. The van der Waals surface area contributed by atoms with Crippen LogP contribution in [0.1, 0.15) is 32.6 Å². The molecule has 2 amide bonds. The van der Waals surface area contributed by atoms with Crippen molar-refractivity contribution >= 4 is 11.8 Å². The number of hydrogen-bond donors (Lipinski definition) is 1. The van der Waals surface area contributed by atoms with Crippen molar-refractivity contribution in [3.63, 3.8) is 0 Å². The Kier molecular flexibility index (Phi) is 3.99. The van der Waals surface area contributed by atoms with Gasteiger partial charge in [-0.05, 0) is 19.3 Å². The summed E-state index contributed by atoms with van der Waals surface area (Å²) < 4.78 is 5.39.